The maximum Gasteiger partial charge on any atom is 0.410 e. The first kappa shape index (κ1) is 35.9. The van der Waals surface area contributed by atoms with Gasteiger partial charge in [0.05, 0.1) is 36.3 Å². The van der Waals surface area contributed by atoms with E-state index < -0.39 is 29.1 Å². The summed E-state index contributed by atoms with van der Waals surface area (Å²) in [6.45, 7) is 14.9. The summed E-state index contributed by atoms with van der Waals surface area (Å²) in [7, 11) is 0. The zero-order valence-corrected chi connectivity index (χ0v) is 29.7. The van der Waals surface area contributed by atoms with E-state index in [4.69, 9.17) is 18.9 Å². The van der Waals surface area contributed by atoms with Gasteiger partial charge in [-0.05, 0) is 105 Å². The second-order valence-corrected chi connectivity index (χ2v) is 14.9. The van der Waals surface area contributed by atoms with Gasteiger partial charge in [-0.1, -0.05) is 0 Å². The second-order valence-electron chi connectivity index (χ2n) is 14.9. The van der Waals surface area contributed by atoms with Gasteiger partial charge in [0, 0.05) is 44.6 Å². The van der Waals surface area contributed by atoms with Gasteiger partial charge in [-0.2, -0.15) is 0 Å². The lowest BCUT2D eigenvalue weighted by molar-refractivity contribution is -0.133. The molecule has 12 heteroatoms. The number of nitrogens with zero attached hydrogens (tertiary/aromatic N) is 3. The largest absolute Gasteiger partial charge is 0.476 e. The van der Waals surface area contributed by atoms with Crippen LogP contribution in [0.5, 0.6) is 5.75 Å². The van der Waals surface area contributed by atoms with E-state index in [1.54, 1.807) is 44.4 Å². The van der Waals surface area contributed by atoms with Gasteiger partial charge in [0.2, 0.25) is 11.8 Å². The Morgan fingerprint density at radius 3 is 2.44 bits per heavy atom. The number of ether oxygens (including phenoxy) is 4. The maximum absolute atomic E-state index is 14.6. The lowest BCUT2D eigenvalue weighted by Crippen LogP contribution is -2.55. The first-order valence-electron chi connectivity index (χ1n) is 17.7. The van der Waals surface area contributed by atoms with Crippen LogP contribution in [-0.2, 0) is 28.6 Å². The topological polar surface area (TPSA) is 127 Å². The van der Waals surface area contributed by atoms with E-state index in [0.29, 0.717) is 49.9 Å². The highest BCUT2D eigenvalue weighted by Gasteiger charge is 2.45. The van der Waals surface area contributed by atoms with Crippen LogP contribution in [0.15, 0.2) is 18.2 Å². The number of fused-ring (bicyclic) bond motifs is 1. The van der Waals surface area contributed by atoms with Crippen molar-refractivity contribution in [3.63, 3.8) is 0 Å². The van der Waals surface area contributed by atoms with E-state index in [1.807, 2.05) is 32.0 Å². The lowest BCUT2D eigenvalue weighted by atomic mass is 9.87. The molecule has 1 aromatic carbocycles. The van der Waals surface area contributed by atoms with Crippen LogP contribution in [0.4, 0.5) is 16.2 Å². The molecule has 266 valence electrons. The van der Waals surface area contributed by atoms with Gasteiger partial charge < -0.3 is 39.0 Å². The van der Waals surface area contributed by atoms with E-state index in [1.165, 1.54) is 4.90 Å². The monoisotopic (exact) mass is 670 g/mol. The molecule has 0 radical (unpaired) electrons. The molecule has 3 fully saturated rings. The van der Waals surface area contributed by atoms with E-state index in [2.05, 4.69) is 5.32 Å². The summed E-state index contributed by atoms with van der Waals surface area (Å²) < 4.78 is 23.3. The number of anilines is 2. The van der Waals surface area contributed by atoms with Crippen molar-refractivity contribution in [2.24, 2.45) is 11.8 Å². The molecule has 12 nitrogen and oxygen atoms in total. The maximum atomic E-state index is 14.6. The molecule has 5 rings (SSSR count). The van der Waals surface area contributed by atoms with E-state index in [-0.39, 0.29) is 49.0 Å². The number of likely N-dealkylation sites (tertiary alicyclic amines) is 1. The Morgan fingerprint density at radius 1 is 1.04 bits per heavy atom. The van der Waals surface area contributed by atoms with Gasteiger partial charge in [-0.15, -0.1) is 0 Å². The Bertz CT molecular complexity index is 1360. The van der Waals surface area contributed by atoms with Crippen LogP contribution in [0, 0.1) is 11.8 Å². The quantitative estimate of drug-likeness (QED) is 0.337. The molecule has 48 heavy (non-hydrogen) atoms. The van der Waals surface area contributed by atoms with Crippen LogP contribution >= 0.6 is 0 Å². The Hall–Kier alpha value is -3.38. The number of amides is 4. The Morgan fingerprint density at radius 2 is 1.77 bits per heavy atom. The molecule has 2 saturated carbocycles. The minimum Gasteiger partial charge on any atom is -0.476 e. The number of hydrogen-bond donors (Lipinski definition) is 1. The normalized spacial score (nSPS) is 25.3. The third-order valence-electron chi connectivity index (χ3n) is 9.43. The van der Waals surface area contributed by atoms with Crippen molar-refractivity contribution in [3.8, 4) is 5.75 Å². The van der Waals surface area contributed by atoms with Crippen molar-refractivity contribution >= 4 is 35.2 Å². The van der Waals surface area contributed by atoms with Crippen LogP contribution in [0.2, 0.25) is 0 Å². The van der Waals surface area contributed by atoms with Crippen LogP contribution in [0.3, 0.4) is 0 Å². The van der Waals surface area contributed by atoms with Gasteiger partial charge in [-0.25, -0.2) is 4.79 Å². The van der Waals surface area contributed by atoms with Crippen LogP contribution in [0.25, 0.3) is 0 Å². The molecule has 4 amide bonds. The standard InChI is InChI=1S/C36H54N4O8/c1-8-45-18-17-39-28-20-26(15-16-30(28)47-36(6,7)33(39)43)40(25-13-14-25)32(42)24-19-23(21-38(22-24)34(44)48-35(3,4)5)31(41)37-27-11-10-12-29(27)46-9-2/h15-16,20,23-25,27,29H,8-14,17-19,21-22H2,1-7H3,(H,37,41)/t23-,24+,27-,29-/m0/s1. The summed E-state index contributed by atoms with van der Waals surface area (Å²) in [4.78, 5) is 60.2. The average Bonchev–Trinajstić information content (AvgIpc) is 3.77. The second kappa shape index (κ2) is 14.6. The number of carbonyl (C=O) groups is 4. The highest BCUT2D eigenvalue weighted by atomic mass is 16.6. The fourth-order valence-electron chi connectivity index (χ4n) is 7.02. The summed E-state index contributed by atoms with van der Waals surface area (Å²) in [6, 6.07) is 5.41. The number of hydrogen-bond acceptors (Lipinski definition) is 8. The molecular formula is C36H54N4O8. The third-order valence-corrected chi connectivity index (χ3v) is 9.43. The van der Waals surface area contributed by atoms with Crippen molar-refractivity contribution in [1.82, 2.24) is 10.2 Å². The molecule has 2 aliphatic carbocycles. The molecule has 0 bridgehead atoms. The minimum atomic E-state index is -1.04. The smallest absolute Gasteiger partial charge is 0.410 e. The number of carbonyl (C=O) groups excluding carboxylic acids is 4. The van der Waals surface area contributed by atoms with Gasteiger partial charge in [0.25, 0.3) is 5.91 Å². The number of rotatable bonds is 11. The molecule has 0 spiro atoms. The molecule has 0 aromatic heterocycles. The molecule has 0 unspecified atom stereocenters. The minimum absolute atomic E-state index is 0.0151. The highest BCUT2D eigenvalue weighted by molar-refractivity contribution is 6.04. The zero-order valence-electron chi connectivity index (χ0n) is 29.7. The van der Waals surface area contributed by atoms with Crippen molar-refractivity contribution in [3.05, 3.63) is 18.2 Å². The average molecular weight is 671 g/mol. The first-order chi connectivity index (χ1) is 22.7. The van der Waals surface area contributed by atoms with Gasteiger partial charge in [0.1, 0.15) is 11.4 Å². The van der Waals surface area contributed by atoms with Gasteiger partial charge in [0.15, 0.2) is 5.60 Å². The summed E-state index contributed by atoms with van der Waals surface area (Å²) in [5, 5.41) is 3.19. The number of nitrogens with one attached hydrogen (secondary N) is 1. The molecule has 2 heterocycles. The first-order valence-corrected chi connectivity index (χ1v) is 17.7. The van der Waals surface area contributed by atoms with Crippen molar-refractivity contribution < 1.29 is 38.1 Å². The van der Waals surface area contributed by atoms with Gasteiger partial charge in [-0.3, -0.25) is 14.4 Å². The fourth-order valence-corrected chi connectivity index (χ4v) is 7.02. The molecule has 1 saturated heterocycles. The Kier molecular flexibility index (Phi) is 10.9. The Labute approximate surface area is 284 Å². The zero-order chi connectivity index (χ0) is 34.8. The Balaban J connectivity index is 1.41. The lowest BCUT2D eigenvalue weighted by Gasteiger charge is -2.40. The fraction of sp³-hybridized carbons (Fsp3) is 0.722. The predicted octanol–water partition coefficient (Wildman–Crippen LogP) is 4.67. The third kappa shape index (κ3) is 8.25. The molecule has 4 aliphatic rings. The van der Waals surface area contributed by atoms with Crippen molar-refractivity contribution in [2.45, 2.75) is 116 Å². The van der Waals surface area contributed by atoms with E-state index >= 15 is 0 Å². The van der Waals surface area contributed by atoms with Gasteiger partial charge >= 0.3 is 6.09 Å². The van der Waals surface area contributed by atoms with Crippen molar-refractivity contribution in [2.75, 3.05) is 49.3 Å². The van der Waals surface area contributed by atoms with Crippen LogP contribution in [0.1, 0.15) is 87.0 Å². The van der Waals surface area contributed by atoms with E-state index in [9.17, 15) is 19.2 Å². The van der Waals surface area contributed by atoms with E-state index in [0.717, 1.165) is 32.1 Å². The molecule has 1 N–H and O–H groups in total. The summed E-state index contributed by atoms with van der Waals surface area (Å²) in [6.07, 6.45) is 4.10. The molecule has 4 atom stereocenters. The highest BCUT2D eigenvalue weighted by Crippen LogP contribution is 2.43. The summed E-state index contributed by atoms with van der Waals surface area (Å²) in [5.74, 6) is -1.16. The SMILES string of the molecule is CCOCCN1C(=O)C(C)(C)Oc2ccc(N(C(=O)[C@@H]3C[C@H](C(=O)N[C@H]4CCC[C@@H]4OCC)CN(C(=O)OC(C)(C)C)C3)C3CC3)cc21. The molecule has 2 aliphatic heterocycles. The number of piperidine rings is 1. The van der Waals surface area contributed by atoms with Crippen LogP contribution in [-0.4, -0.2) is 97.6 Å². The molecular weight excluding hydrogens is 616 g/mol. The predicted molar refractivity (Wildman–Crippen MR) is 181 cm³/mol. The van der Waals surface area contributed by atoms with Crippen molar-refractivity contribution in [1.29, 1.82) is 0 Å². The molecule has 1 aromatic rings. The summed E-state index contributed by atoms with van der Waals surface area (Å²) in [5.41, 5.74) is -0.533. The number of benzene rings is 1. The van der Waals surface area contributed by atoms with Crippen LogP contribution < -0.4 is 19.9 Å². The summed E-state index contributed by atoms with van der Waals surface area (Å²) >= 11 is 0.